The van der Waals surface area contributed by atoms with Crippen molar-refractivity contribution in [3.05, 3.63) is 134 Å². The Hall–Kier alpha value is -6.33. The molecule has 294 valence electrons. The van der Waals surface area contributed by atoms with Crippen LogP contribution in [0.1, 0.15) is 27.3 Å². The van der Waals surface area contributed by atoms with Crippen LogP contribution in [-0.2, 0) is 6.54 Å². The number of aliphatic imine (C=N–C) groups is 1. The van der Waals surface area contributed by atoms with Crippen molar-refractivity contribution in [2.75, 3.05) is 29.6 Å². The zero-order valence-corrected chi connectivity index (χ0v) is 34.1. The van der Waals surface area contributed by atoms with Crippen LogP contribution < -0.4 is 20.9 Å². The van der Waals surface area contributed by atoms with Crippen molar-refractivity contribution >= 4 is 124 Å². The highest BCUT2D eigenvalue weighted by Crippen LogP contribution is 2.44. The Morgan fingerprint density at radius 2 is 1.44 bits per heavy atom. The lowest BCUT2D eigenvalue weighted by atomic mass is 10.1. The van der Waals surface area contributed by atoms with E-state index >= 15 is 0 Å². The Bertz CT molecular complexity index is 3010. The lowest BCUT2D eigenvalue weighted by Gasteiger charge is -2.30. The summed E-state index contributed by atoms with van der Waals surface area (Å²) in [4.78, 5) is 28.0. The summed E-state index contributed by atoms with van der Waals surface area (Å²) in [5.74, 6) is -0.0383. The highest BCUT2D eigenvalue weighted by atomic mass is 35.5. The standard InChI is InChI=1S/C41H30Cl2F2N12S2/c1-56(2)36(47)40-53-28-13-12-27-31(33(28)59-40)38(51-22-9-11-26(45)24(43)17-22)55-41(54-27)57-19-49-37(50-21-8-10-25(44)23(42)16-21)32-30(57)15-14-29-34(32)58-39(52-29)35(46)48-18-20-6-4-3-5-7-20/h3-17,19,37,47,50H,18H2,1-2H3,(H2,46,48)(H,51,54,55). The monoisotopic (exact) mass is 862 g/mol. The Morgan fingerprint density at radius 1 is 0.780 bits per heavy atom. The molecule has 8 aromatic rings. The number of thiazole rings is 2. The van der Waals surface area contributed by atoms with Crippen LogP contribution >= 0.6 is 45.9 Å². The third-order valence-electron chi connectivity index (χ3n) is 9.44. The second-order valence-electron chi connectivity index (χ2n) is 13.6. The van der Waals surface area contributed by atoms with Gasteiger partial charge in [-0.25, -0.2) is 28.7 Å². The highest BCUT2D eigenvalue weighted by molar-refractivity contribution is 7.21. The summed E-state index contributed by atoms with van der Waals surface area (Å²) in [6.45, 7) is 0.453. The molecular weight excluding hydrogens is 834 g/mol. The maximum absolute atomic E-state index is 14.3. The van der Waals surface area contributed by atoms with Crippen LogP contribution in [0.15, 0.2) is 96.0 Å². The van der Waals surface area contributed by atoms with Crippen molar-refractivity contribution in [2.45, 2.75) is 12.7 Å². The second kappa shape index (κ2) is 15.4. The number of fused-ring (bicyclic) bond motifs is 6. The third kappa shape index (κ3) is 7.35. The number of nitrogens with zero attached hydrogens (tertiary/aromatic N) is 7. The number of nitrogens with one attached hydrogen (secondary N) is 5. The summed E-state index contributed by atoms with van der Waals surface area (Å²) in [6, 6.07) is 26.0. The molecular formula is C41H30Cl2F2N12S2. The van der Waals surface area contributed by atoms with Crippen molar-refractivity contribution in [2.24, 2.45) is 4.99 Å². The van der Waals surface area contributed by atoms with E-state index in [0.29, 0.717) is 61.4 Å². The molecule has 0 saturated heterocycles. The van der Waals surface area contributed by atoms with Crippen molar-refractivity contribution < 1.29 is 8.78 Å². The second-order valence-corrected chi connectivity index (χ2v) is 16.4. The van der Waals surface area contributed by atoms with Crippen LogP contribution in [0.25, 0.3) is 31.3 Å². The van der Waals surface area contributed by atoms with E-state index < -0.39 is 17.8 Å². The lowest BCUT2D eigenvalue weighted by molar-refractivity contribution is 0.619. The van der Waals surface area contributed by atoms with Crippen LogP contribution in [0.4, 0.5) is 37.6 Å². The van der Waals surface area contributed by atoms with Crippen LogP contribution in [0.5, 0.6) is 0 Å². The summed E-state index contributed by atoms with van der Waals surface area (Å²) in [5.41, 5.74) is 5.33. The van der Waals surface area contributed by atoms with Gasteiger partial charge in [-0.15, -0.1) is 22.7 Å². The molecule has 0 bridgehead atoms. The molecule has 0 spiro atoms. The first kappa shape index (κ1) is 38.2. The van der Waals surface area contributed by atoms with Crippen molar-refractivity contribution in [3.8, 4) is 0 Å². The summed E-state index contributed by atoms with van der Waals surface area (Å²) < 4.78 is 30.0. The molecule has 4 heterocycles. The van der Waals surface area contributed by atoms with Gasteiger partial charge >= 0.3 is 0 Å². The van der Waals surface area contributed by atoms with E-state index in [-0.39, 0.29) is 27.7 Å². The first-order valence-corrected chi connectivity index (χ1v) is 20.3. The number of rotatable bonds is 9. The average Bonchev–Trinajstić information content (AvgIpc) is 3.88. The Labute approximate surface area is 353 Å². The zero-order valence-electron chi connectivity index (χ0n) is 31.0. The lowest BCUT2D eigenvalue weighted by Crippen LogP contribution is -2.26. The molecule has 5 aromatic carbocycles. The van der Waals surface area contributed by atoms with E-state index in [1.807, 2.05) is 54.6 Å². The van der Waals surface area contributed by atoms with Crippen molar-refractivity contribution in [1.82, 2.24) is 30.2 Å². The highest BCUT2D eigenvalue weighted by Gasteiger charge is 2.30. The molecule has 0 saturated carbocycles. The van der Waals surface area contributed by atoms with E-state index in [1.165, 1.54) is 46.9 Å². The normalized spacial score (nSPS) is 13.5. The number of amidine groups is 2. The summed E-state index contributed by atoms with van der Waals surface area (Å²) in [7, 11) is 3.57. The van der Waals surface area contributed by atoms with Crippen LogP contribution in [0, 0.1) is 22.5 Å². The van der Waals surface area contributed by atoms with Crippen LogP contribution in [0.2, 0.25) is 10.0 Å². The van der Waals surface area contributed by atoms with Gasteiger partial charge in [0, 0.05) is 37.6 Å². The maximum Gasteiger partial charge on any atom is 0.237 e. The first-order valence-electron chi connectivity index (χ1n) is 17.9. The van der Waals surface area contributed by atoms with Gasteiger partial charge in [0.1, 0.15) is 23.6 Å². The van der Waals surface area contributed by atoms with Gasteiger partial charge in [0.2, 0.25) is 5.95 Å². The SMILES string of the molecule is CN(C)C(=N)c1nc2ccc3nc(N4C=NC(Nc5ccc(F)c(Cl)c5)c5c4ccc4nc(C(=N)NCc6ccccc6)sc54)nc(Nc4ccc(F)c(Cl)c4)c3c2s1. The predicted octanol–water partition coefficient (Wildman–Crippen LogP) is 10.5. The Morgan fingerprint density at radius 3 is 2.19 bits per heavy atom. The number of hydrogen-bond donors (Lipinski definition) is 5. The number of benzene rings is 5. The number of anilines is 5. The molecule has 5 N–H and O–H groups in total. The van der Waals surface area contributed by atoms with E-state index in [2.05, 4.69) is 16.0 Å². The summed E-state index contributed by atoms with van der Waals surface area (Å²) >= 11 is 15.1. The molecule has 12 nitrogen and oxygen atoms in total. The molecule has 9 rings (SSSR count). The molecule has 59 heavy (non-hydrogen) atoms. The van der Waals surface area contributed by atoms with Gasteiger partial charge in [-0.05, 0) is 66.2 Å². The first-order chi connectivity index (χ1) is 28.5. The summed E-state index contributed by atoms with van der Waals surface area (Å²) in [5, 5.41) is 28.9. The molecule has 0 radical (unpaired) electrons. The third-order valence-corrected chi connectivity index (χ3v) is 12.2. The van der Waals surface area contributed by atoms with Gasteiger partial charge in [-0.1, -0.05) is 53.5 Å². The number of halogens is 4. The van der Waals surface area contributed by atoms with E-state index in [9.17, 15) is 8.78 Å². The quantitative estimate of drug-likeness (QED) is 0.0705. The minimum atomic E-state index is -0.687. The predicted molar refractivity (Wildman–Crippen MR) is 236 cm³/mol. The molecule has 0 aliphatic carbocycles. The minimum absolute atomic E-state index is 0.0411. The fourth-order valence-electron chi connectivity index (χ4n) is 6.52. The van der Waals surface area contributed by atoms with E-state index in [1.54, 1.807) is 42.4 Å². The van der Waals surface area contributed by atoms with Gasteiger partial charge in [-0.2, -0.15) is 4.98 Å². The van der Waals surface area contributed by atoms with Gasteiger partial charge in [-0.3, -0.25) is 15.7 Å². The fraction of sp³-hybridized carbons (Fsp3) is 0.0976. The van der Waals surface area contributed by atoms with Gasteiger partial charge in [0.25, 0.3) is 0 Å². The molecule has 1 aliphatic heterocycles. The van der Waals surface area contributed by atoms with E-state index in [0.717, 1.165) is 20.5 Å². The Balaban J connectivity index is 1.18. The topological polar surface area (TPSA) is 154 Å². The summed E-state index contributed by atoms with van der Waals surface area (Å²) in [6.07, 6.45) is 0.928. The smallest absolute Gasteiger partial charge is 0.237 e. The largest absolute Gasteiger partial charge is 0.364 e. The van der Waals surface area contributed by atoms with Crippen LogP contribution in [-0.4, -0.2) is 56.9 Å². The molecule has 1 aliphatic rings. The maximum atomic E-state index is 14.3. The number of aromatic nitrogens is 4. The van der Waals surface area contributed by atoms with Gasteiger partial charge < -0.3 is 20.9 Å². The number of hydrogen-bond acceptors (Lipinski definition) is 12. The fourth-order valence-corrected chi connectivity index (χ4v) is 9.08. The molecule has 0 fully saturated rings. The van der Waals surface area contributed by atoms with E-state index in [4.69, 9.17) is 58.9 Å². The van der Waals surface area contributed by atoms with Gasteiger partial charge in [0.05, 0.1) is 53.4 Å². The van der Waals surface area contributed by atoms with Gasteiger partial charge in [0.15, 0.2) is 21.7 Å². The zero-order chi connectivity index (χ0) is 40.9. The minimum Gasteiger partial charge on any atom is -0.364 e. The molecule has 0 amide bonds. The molecule has 1 unspecified atom stereocenters. The Kier molecular flexibility index (Phi) is 10.0. The van der Waals surface area contributed by atoms with Crippen LogP contribution in [0.3, 0.4) is 0 Å². The van der Waals surface area contributed by atoms with Crippen molar-refractivity contribution in [1.29, 1.82) is 10.8 Å². The average molecular weight is 864 g/mol. The molecule has 18 heteroatoms. The molecule has 1 atom stereocenters. The molecule has 3 aromatic heterocycles. The van der Waals surface area contributed by atoms with Crippen molar-refractivity contribution in [3.63, 3.8) is 0 Å².